The summed E-state index contributed by atoms with van der Waals surface area (Å²) in [5.74, 6) is -0.129. The monoisotopic (exact) mass is 314 g/mol. The number of amides is 1. The van der Waals surface area contributed by atoms with Gasteiger partial charge in [0.25, 0.3) is 0 Å². The van der Waals surface area contributed by atoms with Gasteiger partial charge < -0.3 is 16.0 Å². The van der Waals surface area contributed by atoms with Crippen LogP contribution in [0.5, 0.6) is 0 Å². The summed E-state index contributed by atoms with van der Waals surface area (Å²) in [5.41, 5.74) is 6.46. The average molecular weight is 314 g/mol. The molecule has 1 atom stereocenters. The van der Waals surface area contributed by atoms with Crippen molar-refractivity contribution in [3.8, 4) is 0 Å². The summed E-state index contributed by atoms with van der Waals surface area (Å²) < 4.78 is 25.4. The zero-order chi connectivity index (χ0) is 16.4. The molecule has 118 valence electrons. The smallest absolute Gasteiger partial charge is 0.244 e. The Hall–Kier alpha value is -1.80. The van der Waals surface area contributed by atoms with E-state index < -0.39 is 16.1 Å². The minimum Gasteiger partial charge on any atom is -0.396 e. The minimum absolute atomic E-state index is 0.0157. The van der Waals surface area contributed by atoms with Crippen LogP contribution in [-0.2, 0) is 14.8 Å². The topological polar surface area (TPSA) is 95.7 Å². The molecule has 0 saturated heterocycles. The second-order valence-electron chi connectivity index (χ2n) is 5.10. The van der Waals surface area contributed by atoms with Crippen LogP contribution in [-0.4, -0.2) is 57.8 Å². The van der Waals surface area contributed by atoms with E-state index in [2.05, 4.69) is 5.32 Å². The Morgan fingerprint density at radius 3 is 2.29 bits per heavy atom. The normalized spacial score (nSPS) is 13.0. The number of nitrogen functional groups attached to an aromatic ring is 1. The number of benzene rings is 1. The van der Waals surface area contributed by atoms with Crippen LogP contribution >= 0.6 is 0 Å². The van der Waals surface area contributed by atoms with Crippen LogP contribution in [0.1, 0.15) is 6.92 Å². The van der Waals surface area contributed by atoms with Crippen molar-refractivity contribution in [2.75, 3.05) is 39.2 Å². The van der Waals surface area contributed by atoms with Gasteiger partial charge in [-0.3, -0.25) is 4.79 Å². The summed E-state index contributed by atoms with van der Waals surface area (Å²) in [6.45, 7) is 1.69. The molecule has 1 amide bonds. The lowest BCUT2D eigenvalue weighted by Gasteiger charge is -2.21. The van der Waals surface area contributed by atoms with E-state index in [0.29, 0.717) is 5.69 Å². The predicted molar refractivity (Wildman–Crippen MR) is 83.5 cm³/mol. The molecule has 0 fully saturated rings. The van der Waals surface area contributed by atoms with Gasteiger partial charge in [0.2, 0.25) is 15.9 Å². The molecule has 7 nitrogen and oxygen atoms in total. The highest BCUT2D eigenvalue weighted by atomic mass is 32.2. The van der Waals surface area contributed by atoms with Gasteiger partial charge in [-0.1, -0.05) is 6.07 Å². The molecule has 0 aliphatic carbocycles. The molecule has 0 heterocycles. The van der Waals surface area contributed by atoms with Crippen molar-refractivity contribution >= 4 is 27.3 Å². The van der Waals surface area contributed by atoms with Crippen molar-refractivity contribution in [3.63, 3.8) is 0 Å². The molecular formula is C13H22N4O3S. The molecule has 0 aromatic heterocycles. The number of nitrogens with two attached hydrogens (primary N) is 1. The quantitative estimate of drug-likeness (QED) is 0.767. The average Bonchev–Trinajstić information content (AvgIpc) is 2.39. The van der Waals surface area contributed by atoms with Crippen molar-refractivity contribution in [3.05, 3.63) is 18.2 Å². The van der Waals surface area contributed by atoms with E-state index in [4.69, 9.17) is 5.73 Å². The first-order chi connectivity index (χ1) is 9.59. The van der Waals surface area contributed by atoms with E-state index in [1.165, 1.54) is 25.1 Å². The maximum absolute atomic E-state index is 12.2. The number of hydrogen-bond acceptors (Lipinski definition) is 5. The molecule has 3 N–H and O–H groups in total. The Morgan fingerprint density at radius 2 is 1.81 bits per heavy atom. The largest absolute Gasteiger partial charge is 0.396 e. The van der Waals surface area contributed by atoms with Gasteiger partial charge in [-0.2, -0.15) is 0 Å². The van der Waals surface area contributed by atoms with E-state index in [-0.39, 0.29) is 16.5 Å². The number of likely N-dealkylation sites (N-methyl/N-ethyl adjacent to an activating group) is 1. The zero-order valence-electron chi connectivity index (χ0n) is 12.9. The summed E-state index contributed by atoms with van der Waals surface area (Å²) in [7, 11) is 2.54. The SMILES string of the molecule is CC(Nc1cccc(S(=O)(=O)N(C)C)c1N)C(=O)N(C)C. The van der Waals surface area contributed by atoms with Crippen LogP contribution in [0.2, 0.25) is 0 Å². The van der Waals surface area contributed by atoms with Gasteiger partial charge in [0.1, 0.15) is 10.9 Å². The van der Waals surface area contributed by atoms with Crippen molar-refractivity contribution in [1.29, 1.82) is 0 Å². The first-order valence-electron chi connectivity index (χ1n) is 6.37. The molecule has 0 saturated carbocycles. The van der Waals surface area contributed by atoms with Crippen LogP contribution in [0, 0.1) is 0 Å². The molecule has 1 rings (SSSR count). The predicted octanol–water partition coefficient (Wildman–Crippen LogP) is 0.408. The van der Waals surface area contributed by atoms with Crippen LogP contribution in [0.4, 0.5) is 11.4 Å². The molecule has 21 heavy (non-hydrogen) atoms. The molecule has 0 spiro atoms. The van der Waals surface area contributed by atoms with Crippen LogP contribution in [0.25, 0.3) is 0 Å². The highest BCUT2D eigenvalue weighted by Gasteiger charge is 2.23. The van der Waals surface area contributed by atoms with Gasteiger partial charge in [-0.15, -0.1) is 0 Å². The number of anilines is 2. The summed E-state index contributed by atoms with van der Waals surface area (Å²) in [4.78, 5) is 13.3. The third-order valence-electron chi connectivity index (χ3n) is 3.01. The molecule has 8 heteroatoms. The number of hydrogen-bond donors (Lipinski definition) is 2. The Labute approximate surface area is 125 Å². The lowest BCUT2D eigenvalue weighted by atomic mass is 10.2. The number of nitrogens with zero attached hydrogens (tertiary/aromatic N) is 2. The Bertz CT molecular complexity index is 626. The van der Waals surface area contributed by atoms with Gasteiger partial charge in [0, 0.05) is 28.2 Å². The van der Waals surface area contributed by atoms with Gasteiger partial charge >= 0.3 is 0 Å². The van der Waals surface area contributed by atoms with Gasteiger partial charge in [0.05, 0.1) is 11.4 Å². The highest BCUT2D eigenvalue weighted by molar-refractivity contribution is 7.89. The first kappa shape index (κ1) is 17.3. The second kappa shape index (κ2) is 6.31. The van der Waals surface area contributed by atoms with E-state index in [0.717, 1.165) is 4.31 Å². The Balaban J connectivity index is 3.16. The summed E-state index contributed by atoms with van der Waals surface area (Å²) in [5, 5.41) is 2.94. The van der Waals surface area contributed by atoms with Gasteiger partial charge in [-0.25, -0.2) is 12.7 Å². The van der Waals surface area contributed by atoms with Crippen LogP contribution < -0.4 is 11.1 Å². The Morgan fingerprint density at radius 1 is 1.24 bits per heavy atom. The number of para-hydroxylation sites is 1. The number of carbonyl (C=O) groups is 1. The fourth-order valence-corrected chi connectivity index (χ4v) is 2.81. The van der Waals surface area contributed by atoms with Crippen LogP contribution in [0.3, 0.4) is 0 Å². The van der Waals surface area contributed by atoms with Gasteiger partial charge in [0.15, 0.2) is 0 Å². The number of nitrogens with one attached hydrogen (secondary N) is 1. The standard InChI is InChI=1S/C13H22N4O3S/c1-9(13(18)16(2)3)15-10-7-6-8-11(12(10)14)21(19,20)17(4)5/h6-9,15H,14H2,1-5H3. The van der Waals surface area contributed by atoms with Crippen molar-refractivity contribution < 1.29 is 13.2 Å². The molecule has 1 aromatic rings. The van der Waals surface area contributed by atoms with Gasteiger partial charge in [-0.05, 0) is 19.1 Å². The van der Waals surface area contributed by atoms with E-state index in [1.54, 1.807) is 33.2 Å². The van der Waals surface area contributed by atoms with E-state index in [1.807, 2.05) is 0 Å². The number of carbonyl (C=O) groups excluding carboxylic acids is 1. The van der Waals surface area contributed by atoms with Crippen LogP contribution in [0.15, 0.2) is 23.1 Å². The molecular weight excluding hydrogens is 292 g/mol. The fraction of sp³-hybridized carbons (Fsp3) is 0.462. The molecule has 0 aliphatic rings. The number of sulfonamides is 1. The summed E-state index contributed by atoms with van der Waals surface area (Å²) >= 11 is 0. The molecule has 1 unspecified atom stereocenters. The summed E-state index contributed by atoms with van der Waals surface area (Å²) in [6.07, 6.45) is 0. The van der Waals surface area contributed by atoms with Crippen molar-refractivity contribution in [2.45, 2.75) is 17.9 Å². The maximum atomic E-state index is 12.2. The van der Waals surface area contributed by atoms with E-state index >= 15 is 0 Å². The lowest BCUT2D eigenvalue weighted by molar-refractivity contribution is -0.129. The molecule has 0 radical (unpaired) electrons. The van der Waals surface area contributed by atoms with Crippen molar-refractivity contribution in [2.24, 2.45) is 0 Å². The Kier molecular flexibility index (Phi) is 5.19. The third-order valence-corrected chi connectivity index (χ3v) is 4.88. The third kappa shape index (κ3) is 3.64. The zero-order valence-corrected chi connectivity index (χ0v) is 13.7. The number of rotatable bonds is 5. The second-order valence-corrected chi connectivity index (χ2v) is 7.22. The highest BCUT2D eigenvalue weighted by Crippen LogP contribution is 2.28. The molecule has 1 aromatic carbocycles. The maximum Gasteiger partial charge on any atom is 0.244 e. The molecule has 0 aliphatic heterocycles. The van der Waals surface area contributed by atoms with Crippen molar-refractivity contribution in [1.82, 2.24) is 9.21 Å². The fourth-order valence-electron chi connectivity index (χ4n) is 1.77. The molecule has 0 bridgehead atoms. The lowest BCUT2D eigenvalue weighted by Crippen LogP contribution is -2.36. The first-order valence-corrected chi connectivity index (χ1v) is 7.81. The van der Waals surface area contributed by atoms with E-state index in [9.17, 15) is 13.2 Å². The minimum atomic E-state index is -3.63. The summed E-state index contributed by atoms with van der Waals surface area (Å²) in [6, 6.07) is 4.15.